The number of carbonyl (C=O) groups is 1. The van der Waals surface area contributed by atoms with E-state index < -0.39 is 11.8 Å². The molecule has 4 atom stereocenters. The summed E-state index contributed by atoms with van der Waals surface area (Å²) in [6.45, 7) is 6.58. The predicted molar refractivity (Wildman–Crippen MR) is 177 cm³/mol. The number of anilines is 1. The van der Waals surface area contributed by atoms with E-state index in [1.807, 2.05) is 31.2 Å². The van der Waals surface area contributed by atoms with Crippen LogP contribution in [0.1, 0.15) is 41.6 Å². The van der Waals surface area contributed by atoms with Crippen molar-refractivity contribution in [2.75, 3.05) is 52.0 Å². The standard InChI is InChI=1S/C35H38ClN5O7/c1-35(30-10-9-22(36)16-37-30)47-28-8-4-7-24(33(28)48-35)40-12-11-39(26-19-45-20-27(26)40)18-31-38-32-25(41(31)17-23-6-5-13-46-23)14-21(34(42)44-3)15-29(32)43-2/h4,7-10,14-16,23,26-27H,5-6,11-13,17-20H2,1-3H3/t23-,26-,27+,35-/m0/s1. The van der Waals surface area contributed by atoms with Crippen LogP contribution in [-0.4, -0.2) is 90.7 Å². The van der Waals surface area contributed by atoms with Crippen LogP contribution in [0.2, 0.25) is 5.02 Å². The van der Waals surface area contributed by atoms with E-state index >= 15 is 0 Å². The van der Waals surface area contributed by atoms with Gasteiger partial charge in [-0.3, -0.25) is 9.88 Å². The van der Waals surface area contributed by atoms with Gasteiger partial charge in [-0.2, -0.15) is 0 Å². The molecule has 4 aliphatic rings. The summed E-state index contributed by atoms with van der Waals surface area (Å²) >= 11 is 6.10. The fraction of sp³-hybridized carbons (Fsp3) is 0.457. The summed E-state index contributed by atoms with van der Waals surface area (Å²) in [5, 5.41) is 0.552. The smallest absolute Gasteiger partial charge is 0.338 e. The van der Waals surface area contributed by atoms with E-state index in [0.717, 1.165) is 49.6 Å². The normalized spacial score (nSPS) is 25.1. The van der Waals surface area contributed by atoms with Gasteiger partial charge in [0, 0.05) is 32.8 Å². The monoisotopic (exact) mass is 675 g/mol. The summed E-state index contributed by atoms with van der Waals surface area (Å²) in [7, 11) is 2.98. The Kier molecular flexibility index (Phi) is 8.06. The lowest BCUT2D eigenvalue weighted by molar-refractivity contribution is -0.0716. The Bertz CT molecular complexity index is 1850. The number of piperazine rings is 1. The first-order valence-corrected chi connectivity index (χ1v) is 16.7. The molecule has 0 amide bonds. The number of ether oxygens (including phenoxy) is 6. The van der Waals surface area contributed by atoms with Gasteiger partial charge in [0.1, 0.15) is 22.8 Å². The summed E-state index contributed by atoms with van der Waals surface area (Å²) in [5.74, 6) is 1.30. The van der Waals surface area contributed by atoms with Crippen LogP contribution in [0.15, 0.2) is 48.7 Å². The van der Waals surface area contributed by atoms with Gasteiger partial charge in [0.2, 0.25) is 0 Å². The molecule has 3 saturated heterocycles. The highest BCUT2D eigenvalue weighted by Gasteiger charge is 2.46. The minimum Gasteiger partial charge on any atom is -0.494 e. The van der Waals surface area contributed by atoms with E-state index in [2.05, 4.69) is 25.4 Å². The van der Waals surface area contributed by atoms with Gasteiger partial charge < -0.3 is 37.9 Å². The molecule has 0 N–H and O–H groups in total. The van der Waals surface area contributed by atoms with Crippen LogP contribution in [0.5, 0.6) is 17.2 Å². The Hall–Kier alpha value is -4.10. The zero-order valence-corrected chi connectivity index (χ0v) is 27.9. The highest BCUT2D eigenvalue weighted by Crippen LogP contribution is 2.50. The first kappa shape index (κ1) is 31.2. The number of aromatic nitrogens is 3. The number of carbonyl (C=O) groups excluding carboxylic acids is 1. The van der Waals surface area contributed by atoms with Crippen LogP contribution in [0.4, 0.5) is 5.69 Å². The number of para-hydroxylation sites is 1. The van der Waals surface area contributed by atoms with E-state index in [1.54, 1.807) is 25.4 Å². The zero-order valence-electron chi connectivity index (χ0n) is 27.2. The molecule has 252 valence electrons. The molecule has 0 spiro atoms. The molecular weight excluding hydrogens is 638 g/mol. The quantitative estimate of drug-likeness (QED) is 0.241. The molecular formula is C35H38ClN5O7. The Labute approximate surface area is 283 Å². The lowest BCUT2D eigenvalue weighted by atomic mass is 10.0. The molecule has 2 aromatic heterocycles. The summed E-state index contributed by atoms with van der Waals surface area (Å²) in [6, 6.07) is 13.4. The maximum atomic E-state index is 12.6. The number of hydrogen-bond acceptors (Lipinski definition) is 11. The molecule has 48 heavy (non-hydrogen) atoms. The second-order valence-corrected chi connectivity index (χ2v) is 13.2. The number of hydrogen-bond donors (Lipinski definition) is 0. The minimum atomic E-state index is -1.08. The van der Waals surface area contributed by atoms with Gasteiger partial charge in [0.25, 0.3) is 5.79 Å². The van der Waals surface area contributed by atoms with Crippen LogP contribution in [0.25, 0.3) is 11.0 Å². The van der Waals surface area contributed by atoms with Gasteiger partial charge in [-0.05, 0) is 49.2 Å². The van der Waals surface area contributed by atoms with Crippen molar-refractivity contribution in [3.8, 4) is 17.2 Å². The van der Waals surface area contributed by atoms with Crippen molar-refractivity contribution in [1.82, 2.24) is 19.4 Å². The fourth-order valence-corrected chi connectivity index (χ4v) is 7.57. The second-order valence-electron chi connectivity index (χ2n) is 12.8. The molecule has 4 aliphatic heterocycles. The molecule has 0 bridgehead atoms. The molecule has 2 aromatic carbocycles. The summed E-state index contributed by atoms with van der Waals surface area (Å²) < 4.78 is 38.1. The second kappa shape index (κ2) is 12.4. The molecule has 13 heteroatoms. The van der Waals surface area contributed by atoms with Crippen molar-refractivity contribution < 1.29 is 33.2 Å². The van der Waals surface area contributed by atoms with Gasteiger partial charge in [-0.1, -0.05) is 17.7 Å². The SMILES string of the molecule is COC(=O)c1cc(OC)c2nc(CN3CCN(c4cccc5c4O[C@@](C)(c4ccc(Cl)cn4)O5)[C@@H]4COC[C@@H]43)n(C[C@@H]3CCCO3)c2c1. The first-order chi connectivity index (χ1) is 23.3. The topological polar surface area (TPSA) is 110 Å². The number of esters is 1. The van der Waals surface area contributed by atoms with E-state index in [4.69, 9.17) is 45.0 Å². The average Bonchev–Trinajstić information content (AvgIpc) is 3.91. The third kappa shape index (κ3) is 5.40. The largest absolute Gasteiger partial charge is 0.494 e. The highest BCUT2D eigenvalue weighted by molar-refractivity contribution is 6.30. The van der Waals surface area contributed by atoms with Crippen LogP contribution < -0.4 is 19.1 Å². The average molecular weight is 676 g/mol. The number of methoxy groups -OCH3 is 2. The highest BCUT2D eigenvalue weighted by atomic mass is 35.5. The third-order valence-electron chi connectivity index (χ3n) is 9.87. The molecule has 6 heterocycles. The molecule has 0 radical (unpaired) electrons. The van der Waals surface area contributed by atoms with Crippen molar-refractivity contribution >= 4 is 34.3 Å². The number of benzene rings is 2. The van der Waals surface area contributed by atoms with Crippen LogP contribution in [-0.2, 0) is 33.1 Å². The number of halogens is 1. The van der Waals surface area contributed by atoms with E-state index in [-0.39, 0.29) is 18.2 Å². The van der Waals surface area contributed by atoms with E-state index in [0.29, 0.717) is 65.3 Å². The Morgan fingerprint density at radius 2 is 1.98 bits per heavy atom. The number of rotatable bonds is 8. The molecule has 0 saturated carbocycles. The molecule has 0 unspecified atom stereocenters. The first-order valence-electron chi connectivity index (χ1n) is 16.3. The third-order valence-corrected chi connectivity index (χ3v) is 10.1. The van der Waals surface area contributed by atoms with Crippen LogP contribution in [0.3, 0.4) is 0 Å². The van der Waals surface area contributed by atoms with Gasteiger partial charge >= 0.3 is 5.97 Å². The van der Waals surface area contributed by atoms with Crippen LogP contribution >= 0.6 is 11.6 Å². The minimum absolute atomic E-state index is 0.0736. The van der Waals surface area contributed by atoms with Crippen molar-refractivity contribution in [2.24, 2.45) is 0 Å². The number of imidazole rings is 1. The molecule has 0 aliphatic carbocycles. The van der Waals surface area contributed by atoms with E-state index in [9.17, 15) is 4.79 Å². The zero-order chi connectivity index (χ0) is 33.0. The fourth-order valence-electron chi connectivity index (χ4n) is 7.46. The number of fused-ring (bicyclic) bond motifs is 3. The predicted octanol–water partition coefficient (Wildman–Crippen LogP) is 4.79. The summed E-state index contributed by atoms with van der Waals surface area (Å²) in [6.07, 6.45) is 3.68. The van der Waals surface area contributed by atoms with Crippen molar-refractivity contribution in [3.05, 3.63) is 70.8 Å². The maximum absolute atomic E-state index is 12.6. The van der Waals surface area contributed by atoms with Gasteiger partial charge in [-0.15, -0.1) is 0 Å². The summed E-state index contributed by atoms with van der Waals surface area (Å²) in [4.78, 5) is 27.0. The van der Waals surface area contributed by atoms with Crippen LogP contribution in [0, 0.1) is 0 Å². The van der Waals surface area contributed by atoms with Gasteiger partial charge in [-0.25, -0.2) is 9.78 Å². The maximum Gasteiger partial charge on any atom is 0.338 e. The lowest BCUT2D eigenvalue weighted by Crippen LogP contribution is -2.59. The lowest BCUT2D eigenvalue weighted by Gasteiger charge is -2.44. The molecule has 12 nitrogen and oxygen atoms in total. The van der Waals surface area contributed by atoms with Gasteiger partial charge in [0.05, 0.1) is 80.5 Å². The Morgan fingerprint density at radius 3 is 2.75 bits per heavy atom. The van der Waals surface area contributed by atoms with E-state index in [1.165, 1.54) is 7.11 Å². The number of nitrogens with zero attached hydrogens (tertiary/aromatic N) is 5. The molecule has 3 fully saturated rings. The molecule has 4 aromatic rings. The number of pyridine rings is 1. The summed E-state index contributed by atoms with van der Waals surface area (Å²) in [5.41, 5.74) is 3.57. The van der Waals surface area contributed by atoms with Crippen molar-refractivity contribution in [2.45, 2.75) is 56.8 Å². The van der Waals surface area contributed by atoms with Crippen molar-refractivity contribution in [1.29, 1.82) is 0 Å². The molecule has 8 rings (SSSR count). The van der Waals surface area contributed by atoms with Crippen molar-refractivity contribution in [3.63, 3.8) is 0 Å². The Morgan fingerprint density at radius 1 is 1.10 bits per heavy atom. The Balaban J connectivity index is 1.09. The van der Waals surface area contributed by atoms with Gasteiger partial charge in [0.15, 0.2) is 11.5 Å².